The number of hydrogen-bond acceptors (Lipinski definition) is 0. The summed E-state index contributed by atoms with van der Waals surface area (Å²) in [4.78, 5) is 0. The summed E-state index contributed by atoms with van der Waals surface area (Å²) in [6.45, 7) is 2.30. The fourth-order valence-electron chi connectivity index (χ4n) is 5.16. The van der Waals surface area contributed by atoms with Crippen LogP contribution < -0.4 is 0 Å². The monoisotopic (exact) mass is 404 g/mol. The van der Waals surface area contributed by atoms with Gasteiger partial charge in [-0.3, -0.25) is 0 Å². The second kappa shape index (κ2) is 13.7. The number of allylic oxidation sites excluding steroid dienone is 1. The van der Waals surface area contributed by atoms with Crippen molar-refractivity contribution in [3.8, 4) is 0 Å². The SMILES string of the molecule is CCCCCCCCCCCCCCCCCC1C=Cc2cccc3cccc1c23. The van der Waals surface area contributed by atoms with Gasteiger partial charge < -0.3 is 0 Å². The average molecular weight is 405 g/mol. The molecule has 0 saturated carbocycles. The Hall–Kier alpha value is -1.56. The van der Waals surface area contributed by atoms with Crippen molar-refractivity contribution in [2.75, 3.05) is 0 Å². The standard InChI is InChI=1S/C30H44/c1-2-3-4-5-6-7-8-9-10-11-12-13-14-15-16-19-26-24-25-28-21-17-20-27-22-18-23-29(26)30(27)28/h17-18,20-26H,2-16,19H2,1H3. The molecular weight excluding hydrogens is 360 g/mol. The highest BCUT2D eigenvalue weighted by molar-refractivity contribution is 5.95. The molecule has 0 aliphatic heterocycles. The molecule has 30 heavy (non-hydrogen) atoms. The predicted octanol–water partition coefficient (Wildman–Crippen LogP) is 10.2. The largest absolute Gasteiger partial charge is 0.0764 e. The molecule has 0 heterocycles. The van der Waals surface area contributed by atoms with Gasteiger partial charge in [0.2, 0.25) is 0 Å². The van der Waals surface area contributed by atoms with Crippen molar-refractivity contribution in [3.05, 3.63) is 53.6 Å². The van der Waals surface area contributed by atoms with Crippen LogP contribution in [0.4, 0.5) is 0 Å². The lowest BCUT2D eigenvalue weighted by molar-refractivity contribution is 0.526. The third-order valence-corrected chi connectivity index (χ3v) is 7.00. The summed E-state index contributed by atoms with van der Waals surface area (Å²) in [5.41, 5.74) is 2.95. The molecule has 0 bridgehead atoms. The molecule has 0 nitrogen and oxygen atoms in total. The normalized spacial score (nSPS) is 15.2. The Morgan fingerprint density at radius 1 is 0.600 bits per heavy atom. The highest BCUT2D eigenvalue weighted by Crippen LogP contribution is 2.37. The summed E-state index contributed by atoms with van der Waals surface area (Å²) in [6.07, 6.45) is 27.7. The van der Waals surface area contributed by atoms with Gasteiger partial charge in [0.15, 0.2) is 0 Å². The van der Waals surface area contributed by atoms with Crippen LogP contribution in [-0.2, 0) is 0 Å². The van der Waals surface area contributed by atoms with E-state index in [-0.39, 0.29) is 0 Å². The van der Waals surface area contributed by atoms with Gasteiger partial charge in [0.05, 0.1) is 0 Å². The first-order valence-corrected chi connectivity index (χ1v) is 13.1. The lowest BCUT2D eigenvalue weighted by atomic mass is 9.83. The molecule has 0 N–H and O–H groups in total. The fraction of sp³-hybridized carbons (Fsp3) is 0.600. The molecule has 0 heteroatoms. The zero-order chi connectivity index (χ0) is 20.9. The highest BCUT2D eigenvalue weighted by Gasteiger charge is 2.16. The van der Waals surface area contributed by atoms with Gasteiger partial charge in [0.1, 0.15) is 0 Å². The first kappa shape index (κ1) is 23.1. The molecule has 164 valence electrons. The zero-order valence-corrected chi connectivity index (χ0v) is 19.5. The van der Waals surface area contributed by atoms with Gasteiger partial charge in [-0.2, -0.15) is 0 Å². The maximum absolute atomic E-state index is 2.45. The van der Waals surface area contributed by atoms with Crippen molar-refractivity contribution in [1.29, 1.82) is 0 Å². The molecule has 0 spiro atoms. The fourth-order valence-corrected chi connectivity index (χ4v) is 5.16. The second-order valence-corrected chi connectivity index (χ2v) is 9.50. The van der Waals surface area contributed by atoms with Gasteiger partial charge in [-0.25, -0.2) is 0 Å². The maximum Gasteiger partial charge on any atom is 0.00276 e. The number of hydrogen-bond donors (Lipinski definition) is 0. The van der Waals surface area contributed by atoms with Crippen molar-refractivity contribution in [2.24, 2.45) is 0 Å². The summed E-state index contributed by atoms with van der Waals surface area (Å²) in [5, 5.41) is 2.89. The topological polar surface area (TPSA) is 0 Å². The Labute approximate surface area is 186 Å². The third-order valence-electron chi connectivity index (χ3n) is 7.00. The molecular formula is C30H44. The van der Waals surface area contributed by atoms with E-state index in [0.717, 1.165) is 0 Å². The highest BCUT2D eigenvalue weighted by atomic mass is 14.2. The Bertz CT molecular complexity index is 748. The number of rotatable bonds is 16. The smallest absolute Gasteiger partial charge is 0.00276 e. The molecule has 1 aliphatic carbocycles. The van der Waals surface area contributed by atoms with Gasteiger partial charge in [-0.15, -0.1) is 0 Å². The van der Waals surface area contributed by atoms with E-state index in [2.05, 4.69) is 55.5 Å². The molecule has 0 amide bonds. The van der Waals surface area contributed by atoms with E-state index in [4.69, 9.17) is 0 Å². The molecule has 0 aromatic heterocycles. The van der Waals surface area contributed by atoms with Crippen LogP contribution in [-0.4, -0.2) is 0 Å². The van der Waals surface area contributed by atoms with Crippen molar-refractivity contribution in [2.45, 2.75) is 116 Å². The van der Waals surface area contributed by atoms with Crippen molar-refractivity contribution in [1.82, 2.24) is 0 Å². The van der Waals surface area contributed by atoms with E-state index in [9.17, 15) is 0 Å². The maximum atomic E-state index is 2.45. The van der Waals surface area contributed by atoms with Gasteiger partial charge in [-0.1, -0.05) is 152 Å². The Kier molecular flexibility index (Phi) is 10.5. The van der Waals surface area contributed by atoms with Crippen LogP contribution in [0.2, 0.25) is 0 Å². The van der Waals surface area contributed by atoms with Crippen LogP contribution in [0.5, 0.6) is 0 Å². The van der Waals surface area contributed by atoms with Crippen LogP contribution in [0, 0.1) is 0 Å². The number of benzene rings is 2. The first-order valence-electron chi connectivity index (χ1n) is 13.1. The van der Waals surface area contributed by atoms with E-state index >= 15 is 0 Å². The Morgan fingerprint density at radius 2 is 1.13 bits per heavy atom. The quantitative estimate of drug-likeness (QED) is 0.244. The predicted molar refractivity (Wildman–Crippen MR) is 135 cm³/mol. The number of unbranched alkanes of at least 4 members (excludes halogenated alkanes) is 14. The minimum absolute atomic E-state index is 0.616. The van der Waals surface area contributed by atoms with Gasteiger partial charge in [0, 0.05) is 5.92 Å². The molecule has 0 radical (unpaired) electrons. The molecule has 3 rings (SSSR count). The van der Waals surface area contributed by atoms with Crippen molar-refractivity contribution < 1.29 is 0 Å². The lowest BCUT2D eigenvalue weighted by Crippen LogP contribution is -2.01. The van der Waals surface area contributed by atoms with E-state index < -0.39 is 0 Å². The second-order valence-electron chi connectivity index (χ2n) is 9.50. The minimum atomic E-state index is 0.616. The van der Waals surface area contributed by atoms with Crippen molar-refractivity contribution >= 4 is 16.8 Å². The zero-order valence-electron chi connectivity index (χ0n) is 19.5. The van der Waals surface area contributed by atoms with E-state index in [1.807, 2.05) is 0 Å². The molecule has 2 aromatic carbocycles. The summed E-state index contributed by atoms with van der Waals surface area (Å²) in [7, 11) is 0. The van der Waals surface area contributed by atoms with Gasteiger partial charge in [0.25, 0.3) is 0 Å². The summed E-state index contributed by atoms with van der Waals surface area (Å²) in [6, 6.07) is 13.5. The van der Waals surface area contributed by atoms with Gasteiger partial charge in [-0.05, 0) is 28.3 Å². The van der Waals surface area contributed by atoms with Gasteiger partial charge >= 0.3 is 0 Å². The molecule has 1 aliphatic rings. The van der Waals surface area contributed by atoms with E-state index in [0.29, 0.717) is 5.92 Å². The molecule has 1 unspecified atom stereocenters. The Morgan fingerprint density at radius 3 is 1.73 bits per heavy atom. The minimum Gasteiger partial charge on any atom is -0.0764 e. The summed E-state index contributed by atoms with van der Waals surface area (Å²) < 4.78 is 0. The average Bonchev–Trinajstić information content (AvgIpc) is 2.78. The van der Waals surface area contributed by atoms with Crippen molar-refractivity contribution in [3.63, 3.8) is 0 Å². The summed E-state index contributed by atoms with van der Waals surface area (Å²) in [5.74, 6) is 0.616. The van der Waals surface area contributed by atoms with Crippen LogP contribution >= 0.6 is 0 Å². The molecule has 2 aromatic rings. The van der Waals surface area contributed by atoms with E-state index in [1.165, 1.54) is 119 Å². The van der Waals surface area contributed by atoms with Crippen LogP contribution in [0.3, 0.4) is 0 Å². The third kappa shape index (κ3) is 7.29. The summed E-state index contributed by atoms with van der Waals surface area (Å²) >= 11 is 0. The molecule has 1 atom stereocenters. The Balaban J connectivity index is 1.20. The van der Waals surface area contributed by atoms with Crippen LogP contribution in [0.15, 0.2) is 42.5 Å². The van der Waals surface area contributed by atoms with E-state index in [1.54, 1.807) is 5.56 Å². The molecule has 0 fully saturated rings. The molecule has 0 saturated heterocycles. The van der Waals surface area contributed by atoms with Crippen LogP contribution in [0.1, 0.15) is 127 Å². The van der Waals surface area contributed by atoms with Crippen LogP contribution in [0.25, 0.3) is 16.8 Å². The first-order chi connectivity index (χ1) is 14.9. The lowest BCUT2D eigenvalue weighted by Gasteiger charge is -2.21.